The van der Waals surface area contributed by atoms with Gasteiger partial charge in [-0.05, 0) is 13.3 Å². The van der Waals surface area contributed by atoms with Crippen LogP contribution in [-0.4, -0.2) is 16.0 Å². The summed E-state index contributed by atoms with van der Waals surface area (Å²) in [6, 6.07) is 0.145. The lowest BCUT2D eigenvalue weighted by atomic mass is 10.1. The molecular formula is C10H13N3S2. The quantitative estimate of drug-likeness (QED) is 0.888. The van der Waals surface area contributed by atoms with Gasteiger partial charge in [0.05, 0.1) is 16.2 Å². The first-order chi connectivity index (χ1) is 7.24. The minimum absolute atomic E-state index is 0.145. The normalized spacial score (nSPS) is 12.9. The molecule has 1 atom stereocenters. The van der Waals surface area contributed by atoms with Crippen LogP contribution in [0.15, 0.2) is 17.1 Å². The Bertz CT molecular complexity index is 408. The third kappa shape index (κ3) is 3.09. The van der Waals surface area contributed by atoms with Crippen molar-refractivity contribution in [1.29, 1.82) is 0 Å². The van der Waals surface area contributed by atoms with Gasteiger partial charge in [0.1, 0.15) is 0 Å². The van der Waals surface area contributed by atoms with Gasteiger partial charge in [-0.25, -0.2) is 4.98 Å². The molecule has 2 N–H and O–H groups in total. The van der Waals surface area contributed by atoms with Crippen molar-refractivity contribution >= 4 is 22.7 Å². The number of rotatable bonds is 4. The predicted octanol–water partition coefficient (Wildman–Crippen LogP) is 2.02. The van der Waals surface area contributed by atoms with E-state index in [1.54, 1.807) is 22.7 Å². The van der Waals surface area contributed by atoms with Gasteiger partial charge in [0.15, 0.2) is 0 Å². The Balaban J connectivity index is 1.90. The maximum atomic E-state index is 6.05. The Kier molecular flexibility index (Phi) is 3.45. The van der Waals surface area contributed by atoms with E-state index in [4.69, 9.17) is 5.73 Å². The first-order valence-corrected chi connectivity index (χ1v) is 6.54. The van der Waals surface area contributed by atoms with Gasteiger partial charge in [0.2, 0.25) is 0 Å². The average Bonchev–Trinajstić information content (AvgIpc) is 2.77. The second kappa shape index (κ2) is 4.83. The van der Waals surface area contributed by atoms with E-state index in [-0.39, 0.29) is 6.04 Å². The van der Waals surface area contributed by atoms with Crippen molar-refractivity contribution in [3.8, 4) is 0 Å². The molecule has 0 aliphatic rings. The maximum Gasteiger partial charge on any atom is 0.0897 e. The Morgan fingerprint density at radius 3 is 2.87 bits per heavy atom. The number of thiazole rings is 2. The summed E-state index contributed by atoms with van der Waals surface area (Å²) in [5.41, 5.74) is 9.00. The molecule has 0 aliphatic heterocycles. The number of aryl methyl sites for hydroxylation is 1. The van der Waals surface area contributed by atoms with E-state index in [2.05, 4.69) is 15.3 Å². The van der Waals surface area contributed by atoms with Crippen molar-refractivity contribution in [3.05, 3.63) is 32.7 Å². The van der Waals surface area contributed by atoms with Crippen LogP contribution in [-0.2, 0) is 12.8 Å². The third-order valence-electron chi connectivity index (χ3n) is 2.08. The van der Waals surface area contributed by atoms with Gasteiger partial charge < -0.3 is 5.73 Å². The lowest BCUT2D eigenvalue weighted by molar-refractivity contribution is 0.661. The fraction of sp³-hybridized carbons (Fsp3) is 0.400. The van der Waals surface area contributed by atoms with Crippen LogP contribution < -0.4 is 5.73 Å². The van der Waals surface area contributed by atoms with E-state index >= 15 is 0 Å². The molecule has 0 amide bonds. The summed E-state index contributed by atoms with van der Waals surface area (Å²) in [6.45, 7) is 2.02. The molecule has 0 spiro atoms. The lowest BCUT2D eigenvalue weighted by Gasteiger charge is -2.07. The van der Waals surface area contributed by atoms with Crippen LogP contribution in [0.2, 0.25) is 0 Å². The monoisotopic (exact) mass is 239 g/mol. The summed E-state index contributed by atoms with van der Waals surface area (Å²) < 4.78 is 0. The van der Waals surface area contributed by atoms with Crippen LogP contribution in [0.5, 0.6) is 0 Å². The zero-order valence-electron chi connectivity index (χ0n) is 8.51. The Morgan fingerprint density at radius 1 is 1.40 bits per heavy atom. The van der Waals surface area contributed by atoms with Crippen LogP contribution in [0.4, 0.5) is 0 Å². The summed E-state index contributed by atoms with van der Waals surface area (Å²) in [4.78, 5) is 9.69. The molecule has 1 unspecified atom stereocenters. The van der Waals surface area contributed by atoms with Crippen molar-refractivity contribution < 1.29 is 0 Å². The van der Waals surface area contributed by atoms with Crippen molar-refractivity contribution in [1.82, 2.24) is 9.97 Å². The first kappa shape index (κ1) is 10.7. The molecule has 2 heterocycles. The van der Waals surface area contributed by atoms with E-state index in [0.29, 0.717) is 0 Å². The summed E-state index contributed by atoms with van der Waals surface area (Å²) in [7, 11) is 0. The van der Waals surface area contributed by atoms with Gasteiger partial charge in [-0.3, -0.25) is 4.98 Å². The zero-order valence-corrected chi connectivity index (χ0v) is 10.1. The highest BCUT2D eigenvalue weighted by Crippen LogP contribution is 2.13. The molecule has 80 valence electrons. The second-order valence-corrected chi connectivity index (χ2v) is 5.53. The molecular weight excluding hydrogens is 226 g/mol. The van der Waals surface area contributed by atoms with Crippen LogP contribution in [0.1, 0.15) is 15.6 Å². The molecule has 0 aliphatic carbocycles. The highest BCUT2D eigenvalue weighted by atomic mass is 32.1. The summed E-state index contributed by atoms with van der Waals surface area (Å²) in [5, 5.41) is 3.19. The molecule has 0 aromatic carbocycles. The molecule has 0 saturated carbocycles. The smallest absolute Gasteiger partial charge is 0.0897 e. The SMILES string of the molecule is Cc1nc(CC(N)Cc2cncs2)cs1. The Labute approximate surface area is 97.0 Å². The minimum atomic E-state index is 0.145. The fourth-order valence-electron chi connectivity index (χ4n) is 1.44. The van der Waals surface area contributed by atoms with Gasteiger partial charge in [0.25, 0.3) is 0 Å². The van der Waals surface area contributed by atoms with E-state index in [0.717, 1.165) is 23.5 Å². The van der Waals surface area contributed by atoms with Gasteiger partial charge in [-0.15, -0.1) is 22.7 Å². The predicted molar refractivity (Wildman–Crippen MR) is 64.3 cm³/mol. The molecule has 0 saturated heterocycles. The van der Waals surface area contributed by atoms with Crippen molar-refractivity contribution in [2.75, 3.05) is 0 Å². The van der Waals surface area contributed by atoms with E-state index in [1.807, 2.05) is 18.6 Å². The van der Waals surface area contributed by atoms with Crippen molar-refractivity contribution in [3.63, 3.8) is 0 Å². The van der Waals surface area contributed by atoms with Crippen molar-refractivity contribution in [2.24, 2.45) is 5.73 Å². The van der Waals surface area contributed by atoms with Gasteiger partial charge in [-0.2, -0.15) is 0 Å². The molecule has 0 radical (unpaired) electrons. The number of nitrogens with zero attached hydrogens (tertiary/aromatic N) is 2. The summed E-state index contributed by atoms with van der Waals surface area (Å²) in [5.74, 6) is 0. The number of aromatic nitrogens is 2. The van der Waals surface area contributed by atoms with E-state index in [9.17, 15) is 0 Å². The second-order valence-electron chi connectivity index (χ2n) is 3.49. The molecule has 3 nitrogen and oxygen atoms in total. The standard InChI is InChI=1S/C10H13N3S2/c1-7-13-9(5-14-7)2-8(11)3-10-4-12-6-15-10/h4-6,8H,2-3,11H2,1H3. The van der Waals surface area contributed by atoms with Crippen molar-refractivity contribution in [2.45, 2.75) is 25.8 Å². The Hall–Kier alpha value is -0.780. The fourth-order valence-corrected chi connectivity index (χ4v) is 2.76. The van der Waals surface area contributed by atoms with Crippen LogP contribution >= 0.6 is 22.7 Å². The molecule has 0 bridgehead atoms. The molecule has 2 aromatic heterocycles. The summed E-state index contributed by atoms with van der Waals surface area (Å²) >= 11 is 3.34. The van der Waals surface area contributed by atoms with Crippen LogP contribution in [0, 0.1) is 6.92 Å². The molecule has 2 aromatic rings. The number of nitrogens with two attached hydrogens (primary N) is 1. The largest absolute Gasteiger partial charge is 0.327 e. The van der Waals surface area contributed by atoms with E-state index in [1.165, 1.54) is 4.88 Å². The summed E-state index contributed by atoms with van der Waals surface area (Å²) in [6.07, 6.45) is 3.63. The Morgan fingerprint density at radius 2 is 2.27 bits per heavy atom. The lowest BCUT2D eigenvalue weighted by Crippen LogP contribution is -2.25. The molecule has 0 fully saturated rings. The topological polar surface area (TPSA) is 51.8 Å². The molecule has 2 rings (SSSR count). The van der Waals surface area contributed by atoms with Gasteiger partial charge in [-0.1, -0.05) is 0 Å². The third-order valence-corrected chi connectivity index (χ3v) is 3.71. The zero-order chi connectivity index (χ0) is 10.7. The highest BCUT2D eigenvalue weighted by molar-refractivity contribution is 7.09. The van der Waals surface area contributed by atoms with Crippen LogP contribution in [0.3, 0.4) is 0 Å². The van der Waals surface area contributed by atoms with Crippen LogP contribution in [0.25, 0.3) is 0 Å². The van der Waals surface area contributed by atoms with Gasteiger partial charge in [0, 0.05) is 28.9 Å². The first-order valence-electron chi connectivity index (χ1n) is 4.78. The highest BCUT2D eigenvalue weighted by Gasteiger charge is 2.08. The van der Waals surface area contributed by atoms with Gasteiger partial charge >= 0.3 is 0 Å². The molecule has 15 heavy (non-hydrogen) atoms. The maximum absolute atomic E-state index is 6.05. The van der Waals surface area contributed by atoms with E-state index < -0.39 is 0 Å². The number of hydrogen-bond donors (Lipinski definition) is 1. The minimum Gasteiger partial charge on any atom is -0.327 e. The number of hydrogen-bond acceptors (Lipinski definition) is 5. The average molecular weight is 239 g/mol. The molecule has 5 heteroatoms.